The lowest BCUT2D eigenvalue weighted by Crippen LogP contribution is -2.42. The van der Waals surface area contributed by atoms with Crippen LogP contribution in [0.5, 0.6) is 0 Å². The van der Waals surface area contributed by atoms with E-state index in [0.29, 0.717) is 6.04 Å². The molecule has 0 heterocycles. The smallest absolute Gasteiger partial charge is 0.00976 e. The van der Waals surface area contributed by atoms with Gasteiger partial charge in [0, 0.05) is 12.1 Å². The molecule has 0 aliphatic heterocycles. The maximum atomic E-state index is 3.74. The Morgan fingerprint density at radius 3 is 2.57 bits per heavy atom. The summed E-state index contributed by atoms with van der Waals surface area (Å²) in [5.41, 5.74) is 0. The SMILES string of the molecule is CCCCC1CCCCC1NC(C)C. The third-order valence-electron chi connectivity index (χ3n) is 3.38. The molecule has 0 aromatic rings. The summed E-state index contributed by atoms with van der Waals surface area (Å²) >= 11 is 0. The van der Waals surface area contributed by atoms with Gasteiger partial charge in [0.25, 0.3) is 0 Å². The van der Waals surface area contributed by atoms with Crippen LogP contribution >= 0.6 is 0 Å². The van der Waals surface area contributed by atoms with Gasteiger partial charge in [0.15, 0.2) is 0 Å². The Kier molecular flexibility index (Phi) is 5.54. The van der Waals surface area contributed by atoms with Crippen molar-refractivity contribution in [3.8, 4) is 0 Å². The molecule has 0 bridgehead atoms. The zero-order valence-electron chi connectivity index (χ0n) is 10.2. The number of hydrogen-bond acceptors (Lipinski definition) is 1. The first-order chi connectivity index (χ1) is 6.74. The minimum atomic E-state index is 0.655. The monoisotopic (exact) mass is 197 g/mol. The van der Waals surface area contributed by atoms with E-state index in [1.54, 1.807) is 0 Å². The van der Waals surface area contributed by atoms with Gasteiger partial charge >= 0.3 is 0 Å². The molecule has 0 aromatic carbocycles. The number of nitrogens with one attached hydrogen (secondary N) is 1. The van der Waals surface area contributed by atoms with Crippen molar-refractivity contribution < 1.29 is 0 Å². The van der Waals surface area contributed by atoms with Crippen LogP contribution in [0.1, 0.15) is 65.7 Å². The lowest BCUT2D eigenvalue weighted by Gasteiger charge is -2.33. The average molecular weight is 197 g/mol. The van der Waals surface area contributed by atoms with Gasteiger partial charge in [-0.3, -0.25) is 0 Å². The van der Waals surface area contributed by atoms with Gasteiger partial charge in [-0.2, -0.15) is 0 Å². The predicted octanol–water partition coefficient (Wildman–Crippen LogP) is 3.73. The molecular weight excluding hydrogens is 170 g/mol. The van der Waals surface area contributed by atoms with E-state index in [4.69, 9.17) is 0 Å². The zero-order chi connectivity index (χ0) is 10.4. The second-order valence-electron chi connectivity index (χ2n) is 5.11. The Labute approximate surface area is 89.7 Å². The van der Waals surface area contributed by atoms with Crippen molar-refractivity contribution in [2.24, 2.45) is 5.92 Å². The molecule has 84 valence electrons. The summed E-state index contributed by atoms with van der Waals surface area (Å²) in [6.45, 7) is 6.84. The first-order valence-corrected chi connectivity index (χ1v) is 6.50. The lowest BCUT2D eigenvalue weighted by atomic mass is 9.81. The zero-order valence-corrected chi connectivity index (χ0v) is 10.2. The largest absolute Gasteiger partial charge is 0.312 e. The Morgan fingerprint density at radius 2 is 1.93 bits per heavy atom. The van der Waals surface area contributed by atoms with Crippen molar-refractivity contribution in [2.75, 3.05) is 0 Å². The highest BCUT2D eigenvalue weighted by Crippen LogP contribution is 2.28. The molecule has 2 unspecified atom stereocenters. The molecule has 1 fully saturated rings. The van der Waals surface area contributed by atoms with E-state index < -0.39 is 0 Å². The highest BCUT2D eigenvalue weighted by molar-refractivity contribution is 4.81. The van der Waals surface area contributed by atoms with Gasteiger partial charge in [-0.05, 0) is 25.2 Å². The van der Waals surface area contributed by atoms with Crippen molar-refractivity contribution in [3.05, 3.63) is 0 Å². The molecule has 0 saturated heterocycles. The molecule has 1 saturated carbocycles. The van der Waals surface area contributed by atoms with Crippen LogP contribution in [0.2, 0.25) is 0 Å². The molecular formula is C13H27N. The van der Waals surface area contributed by atoms with Crippen molar-refractivity contribution in [2.45, 2.75) is 77.8 Å². The van der Waals surface area contributed by atoms with E-state index in [1.165, 1.54) is 44.9 Å². The number of unbranched alkanes of at least 4 members (excludes halogenated alkanes) is 1. The van der Waals surface area contributed by atoms with Crippen molar-refractivity contribution >= 4 is 0 Å². The molecule has 0 spiro atoms. The normalized spacial score (nSPS) is 28.3. The van der Waals surface area contributed by atoms with E-state index in [9.17, 15) is 0 Å². The fraction of sp³-hybridized carbons (Fsp3) is 1.00. The standard InChI is InChI=1S/C13H27N/c1-4-5-8-12-9-6-7-10-13(12)14-11(2)3/h11-14H,4-10H2,1-3H3. The molecule has 14 heavy (non-hydrogen) atoms. The number of rotatable bonds is 5. The maximum absolute atomic E-state index is 3.74. The Balaban J connectivity index is 2.33. The quantitative estimate of drug-likeness (QED) is 0.708. The first-order valence-electron chi connectivity index (χ1n) is 6.50. The lowest BCUT2D eigenvalue weighted by molar-refractivity contribution is 0.234. The minimum absolute atomic E-state index is 0.655. The molecule has 1 nitrogen and oxygen atoms in total. The maximum Gasteiger partial charge on any atom is 0.00976 e. The summed E-state index contributed by atoms with van der Waals surface area (Å²) in [6.07, 6.45) is 9.99. The van der Waals surface area contributed by atoms with Gasteiger partial charge in [0.2, 0.25) is 0 Å². The van der Waals surface area contributed by atoms with Crippen molar-refractivity contribution in [1.82, 2.24) is 5.32 Å². The minimum Gasteiger partial charge on any atom is -0.312 e. The van der Waals surface area contributed by atoms with Crippen LogP contribution in [-0.4, -0.2) is 12.1 Å². The molecule has 1 aliphatic carbocycles. The molecule has 0 amide bonds. The van der Waals surface area contributed by atoms with E-state index in [1.807, 2.05) is 0 Å². The Bertz CT molecular complexity index is 142. The molecule has 0 aromatic heterocycles. The van der Waals surface area contributed by atoms with Crippen LogP contribution in [-0.2, 0) is 0 Å². The van der Waals surface area contributed by atoms with E-state index >= 15 is 0 Å². The van der Waals surface area contributed by atoms with Gasteiger partial charge in [0.1, 0.15) is 0 Å². The Hall–Kier alpha value is -0.0400. The average Bonchev–Trinajstić information content (AvgIpc) is 2.16. The summed E-state index contributed by atoms with van der Waals surface area (Å²) in [4.78, 5) is 0. The fourth-order valence-electron chi connectivity index (χ4n) is 2.67. The van der Waals surface area contributed by atoms with Gasteiger partial charge < -0.3 is 5.32 Å². The second-order valence-corrected chi connectivity index (χ2v) is 5.11. The van der Waals surface area contributed by atoms with Gasteiger partial charge in [-0.15, -0.1) is 0 Å². The van der Waals surface area contributed by atoms with Gasteiger partial charge in [-0.1, -0.05) is 46.5 Å². The first kappa shape index (κ1) is 12.0. The van der Waals surface area contributed by atoms with E-state index in [2.05, 4.69) is 26.1 Å². The van der Waals surface area contributed by atoms with Crippen LogP contribution in [0.4, 0.5) is 0 Å². The third kappa shape index (κ3) is 4.00. The summed E-state index contributed by atoms with van der Waals surface area (Å²) in [6, 6.07) is 1.47. The number of hydrogen-bond donors (Lipinski definition) is 1. The highest BCUT2D eigenvalue weighted by Gasteiger charge is 2.24. The van der Waals surface area contributed by atoms with Gasteiger partial charge in [-0.25, -0.2) is 0 Å². The van der Waals surface area contributed by atoms with Crippen LogP contribution in [0.3, 0.4) is 0 Å². The molecule has 1 aliphatic rings. The van der Waals surface area contributed by atoms with E-state index in [0.717, 1.165) is 12.0 Å². The van der Waals surface area contributed by atoms with Crippen molar-refractivity contribution in [1.29, 1.82) is 0 Å². The summed E-state index contributed by atoms with van der Waals surface area (Å²) in [5.74, 6) is 0.964. The summed E-state index contributed by atoms with van der Waals surface area (Å²) in [7, 11) is 0. The van der Waals surface area contributed by atoms with E-state index in [-0.39, 0.29) is 0 Å². The third-order valence-corrected chi connectivity index (χ3v) is 3.38. The van der Waals surface area contributed by atoms with Crippen LogP contribution in [0, 0.1) is 5.92 Å². The second kappa shape index (κ2) is 6.44. The summed E-state index contributed by atoms with van der Waals surface area (Å²) in [5, 5.41) is 3.74. The van der Waals surface area contributed by atoms with Crippen molar-refractivity contribution in [3.63, 3.8) is 0 Å². The van der Waals surface area contributed by atoms with Crippen LogP contribution in [0.25, 0.3) is 0 Å². The van der Waals surface area contributed by atoms with Gasteiger partial charge in [0.05, 0.1) is 0 Å². The predicted molar refractivity (Wildman–Crippen MR) is 63.5 cm³/mol. The molecule has 2 atom stereocenters. The molecule has 1 heteroatoms. The topological polar surface area (TPSA) is 12.0 Å². The van der Waals surface area contributed by atoms with Crippen LogP contribution in [0.15, 0.2) is 0 Å². The molecule has 0 radical (unpaired) electrons. The molecule has 1 N–H and O–H groups in total. The van der Waals surface area contributed by atoms with Crippen LogP contribution < -0.4 is 5.32 Å². The fourth-order valence-corrected chi connectivity index (χ4v) is 2.67. The highest BCUT2D eigenvalue weighted by atomic mass is 14.9. The molecule has 1 rings (SSSR count). The summed E-state index contributed by atoms with van der Waals surface area (Å²) < 4.78 is 0. The Morgan fingerprint density at radius 1 is 1.21 bits per heavy atom.